The molecule has 0 saturated carbocycles. The fraction of sp³-hybridized carbons (Fsp3) is 0.231. The molecule has 0 radical (unpaired) electrons. The topological polar surface area (TPSA) is 93.7 Å². The number of alkyl halides is 2. The number of hydrogen-bond donors (Lipinski definition) is 0. The summed E-state index contributed by atoms with van der Waals surface area (Å²) in [6.07, 6.45) is 1.57. The summed E-state index contributed by atoms with van der Waals surface area (Å²) in [5.41, 5.74) is 2.24. The van der Waals surface area contributed by atoms with Crippen molar-refractivity contribution in [2.45, 2.75) is 30.8 Å². The summed E-state index contributed by atoms with van der Waals surface area (Å²) in [5, 5.41) is 16.7. The number of halogens is 3. The van der Waals surface area contributed by atoms with E-state index in [-0.39, 0.29) is 18.7 Å². The predicted octanol–water partition coefficient (Wildman–Crippen LogP) is 4.97. The molecule has 0 spiro atoms. The molecule has 0 aliphatic rings. The van der Waals surface area contributed by atoms with Crippen molar-refractivity contribution < 1.29 is 18.1 Å². The van der Waals surface area contributed by atoms with Crippen LogP contribution in [0.5, 0.6) is 5.75 Å². The summed E-state index contributed by atoms with van der Waals surface area (Å²) in [6.45, 7) is 2.03. The van der Waals surface area contributed by atoms with Gasteiger partial charge in [0.15, 0.2) is 4.90 Å². The number of nitrogens with zero attached hydrogens (tertiary/aromatic N) is 6. The van der Waals surface area contributed by atoms with Gasteiger partial charge in [0.1, 0.15) is 12.0 Å². The summed E-state index contributed by atoms with van der Waals surface area (Å²) < 4.78 is 51.8. The van der Waals surface area contributed by atoms with Crippen molar-refractivity contribution in [3.05, 3.63) is 93.9 Å². The Bertz CT molecular complexity index is 1600. The van der Waals surface area contributed by atoms with Crippen molar-refractivity contribution in [2.24, 2.45) is 0 Å². The van der Waals surface area contributed by atoms with Gasteiger partial charge in [-0.3, -0.25) is 4.68 Å². The van der Waals surface area contributed by atoms with Gasteiger partial charge in [-0.2, -0.15) is 13.9 Å². The molecule has 5 aromatic rings. The van der Waals surface area contributed by atoms with Crippen LogP contribution >= 0.6 is 11.6 Å². The van der Waals surface area contributed by atoms with E-state index in [4.69, 9.17) is 16.3 Å². The minimum Gasteiger partial charge on any atom is -0.612 e. The van der Waals surface area contributed by atoms with Gasteiger partial charge in [-0.05, 0) is 64.4 Å². The molecule has 0 bridgehead atoms. The standard InChI is InChI=1S/C26H23ClF2N6O2S/c1-16-20-12-9-18(13-23(20)34(31-16)15-21-22(27)5-4-6-24(21)38(3)36)26(28,29)25-30-32-33-35(25)14-17-7-10-19(37-2)11-8-17/h4-13H,14-15H2,1-3H3. The Hall–Kier alpha value is -3.54. The fourth-order valence-corrected chi connectivity index (χ4v) is 5.42. The number of aromatic nitrogens is 6. The van der Waals surface area contributed by atoms with E-state index in [2.05, 4.69) is 20.6 Å². The number of ether oxygens (including phenoxy) is 1. The lowest BCUT2D eigenvalue weighted by atomic mass is 10.0. The Morgan fingerprint density at radius 2 is 1.82 bits per heavy atom. The van der Waals surface area contributed by atoms with E-state index in [1.54, 1.807) is 73.5 Å². The molecule has 5 rings (SSSR count). The predicted molar refractivity (Wildman–Crippen MR) is 140 cm³/mol. The Labute approximate surface area is 225 Å². The summed E-state index contributed by atoms with van der Waals surface area (Å²) >= 11 is 5.14. The molecule has 1 atom stereocenters. The van der Waals surface area contributed by atoms with Gasteiger partial charge in [0, 0.05) is 16.5 Å². The minimum atomic E-state index is -3.49. The maximum Gasteiger partial charge on any atom is 0.333 e. The maximum atomic E-state index is 15.9. The lowest BCUT2D eigenvalue weighted by Gasteiger charge is -2.17. The Kier molecular flexibility index (Phi) is 7.08. The highest BCUT2D eigenvalue weighted by atomic mass is 35.5. The fourth-order valence-electron chi connectivity index (χ4n) is 4.34. The van der Waals surface area contributed by atoms with Crippen LogP contribution in [0.25, 0.3) is 10.9 Å². The van der Waals surface area contributed by atoms with Crippen LogP contribution in [0.15, 0.2) is 65.6 Å². The largest absolute Gasteiger partial charge is 0.612 e. The van der Waals surface area contributed by atoms with E-state index in [1.807, 2.05) is 0 Å². The monoisotopic (exact) mass is 556 g/mol. The molecule has 0 aliphatic heterocycles. The molecule has 0 N–H and O–H groups in total. The van der Waals surface area contributed by atoms with Crippen LogP contribution in [-0.2, 0) is 30.2 Å². The number of methoxy groups -OCH3 is 1. The van der Waals surface area contributed by atoms with Crippen LogP contribution < -0.4 is 4.74 Å². The van der Waals surface area contributed by atoms with Gasteiger partial charge in [-0.1, -0.05) is 41.9 Å². The van der Waals surface area contributed by atoms with Crippen molar-refractivity contribution in [2.75, 3.05) is 13.4 Å². The molecule has 2 aromatic heterocycles. The first kappa shape index (κ1) is 26.1. The second-order valence-electron chi connectivity index (χ2n) is 8.73. The zero-order valence-corrected chi connectivity index (χ0v) is 22.3. The molecule has 0 aliphatic carbocycles. The van der Waals surface area contributed by atoms with Crippen LogP contribution in [-0.4, -0.2) is 47.9 Å². The Morgan fingerprint density at radius 3 is 2.53 bits per heavy atom. The first-order chi connectivity index (χ1) is 18.2. The molecule has 0 amide bonds. The second kappa shape index (κ2) is 10.3. The van der Waals surface area contributed by atoms with Crippen LogP contribution in [0.3, 0.4) is 0 Å². The average Bonchev–Trinajstić information content (AvgIpc) is 3.50. The normalized spacial score (nSPS) is 12.7. The molecular formula is C26H23ClF2N6O2S. The van der Waals surface area contributed by atoms with Crippen molar-refractivity contribution in [3.8, 4) is 5.75 Å². The van der Waals surface area contributed by atoms with Gasteiger partial charge in [0.25, 0.3) is 0 Å². The number of fused-ring (bicyclic) bond motifs is 1. The van der Waals surface area contributed by atoms with Gasteiger partial charge in [0.2, 0.25) is 5.82 Å². The third kappa shape index (κ3) is 4.84. The zero-order chi connectivity index (χ0) is 27.0. The first-order valence-corrected chi connectivity index (χ1v) is 13.5. The maximum absolute atomic E-state index is 15.9. The molecule has 1 unspecified atom stereocenters. The van der Waals surface area contributed by atoms with Gasteiger partial charge >= 0.3 is 5.92 Å². The molecule has 12 heteroatoms. The number of benzene rings is 3. The zero-order valence-electron chi connectivity index (χ0n) is 20.7. The van der Waals surface area contributed by atoms with Crippen molar-refractivity contribution in [3.63, 3.8) is 0 Å². The van der Waals surface area contributed by atoms with E-state index < -0.39 is 22.9 Å². The number of aryl methyl sites for hydroxylation is 1. The van der Waals surface area contributed by atoms with Gasteiger partial charge in [-0.15, -0.1) is 5.10 Å². The van der Waals surface area contributed by atoms with Gasteiger partial charge in [-0.25, -0.2) is 4.68 Å². The minimum absolute atomic E-state index is 0.0602. The van der Waals surface area contributed by atoms with E-state index in [0.717, 1.165) is 10.2 Å². The quantitative estimate of drug-likeness (QED) is 0.251. The Morgan fingerprint density at radius 1 is 1.05 bits per heavy atom. The first-order valence-electron chi connectivity index (χ1n) is 11.5. The summed E-state index contributed by atoms with van der Waals surface area (Å²) in [4.78, 5) is 0.568. The van der Waals surface area contributed by atoms with Crippen molar-refractivity contribution in [1.82, 2.24) is 30.0 Å². The average molecular weight is 557 g/mol. The highest BCUT2D eigenvalue weighted by Crippen LogP contribution is 2.36. The number of hydrogen-bond acceptors (Lipinski definition) is 6. The van der Waals surface area contributed by atoms with Crippen molar-refractivity contribution >= 4 is 33.7 Å². The van der Waals surface area contributed by atoms with E-state index in [1.165, 1.54) is 12.1 Å². The molecule has 38 heavy (non-hydrogen) atoms. The summed E-state index contributed by atoms with van der Waals surface area (Å²) in [7, 11) is 1.55. The van der Waals surface area contributed by atoms with E-state index in [0.29, 0.717) is 37.8 Å². The van der Waals surface area contributed by atoms with Crippen LogP contribution in [0.1, 0.15) is 28.2 Å². The molecule has 3 aromatic carbocycles. The van der Waals surface area contributed by atoms with E-state index >= 15 is 8.78 Å². The van der Waals surface area contributed by atoms with Crippen LogP contribution in [0.2, 0.25) is 5.02 Å². The molecule has 0 saturated heterocycles. The SMILES string of the molecule is COc1ccc(Cn2nnnc2C(F)(F)c2ccc3c(C)nn(Cc4c(Cl)cccc4[S+](C)[O-])c3c2)cc1. The third-order valence-electron chi connectivity index (χ3n) is 6.30. The Balaban J connectivity index is 1.52. The highest BCUT2D eigenvalue weighted by molar-refractivity contribution is 7.90. The van der Waals surface area contributed by atoms with Gasteiger partial charge in [0.05, 0.1) is 36.4 Å². The molecule has 196 valence electrons. The molecule has 8 nitrogen and oxygen atoms in total. The van der Waals surface area contributed by atoms with Crippen LogP contribution in [0.4, 0.5) is 8.78 Å². The highest BCUT2D eigenvalue weighted by Gasteiger charge is 2.40. The summed E-state index contributed by atoms with van der Waals surface area (Å²) in [5.74, 6) is -3.41. The number of rotatable bonds is 8. The molecule has 0 fully saturated rings. The lowest BCUT2D eigenvalue weighted by molar-refractivity contribution is 0.0281. The number of tetrazole rings is 1. The third-order valence-corrected chi connectivity index (χ3v) is 7.65. The van der Waals surface area contributed by atoms with Crippen molar-refractivity contribution in [1.29, 1.82) is 0 Å². The van der Waals surface area contributed by atoms with Gasteiger partial charge < -0.3 is 9.29 Å². The summed E-state index contributed by atoms with van der Waals surface area (Å²) in [6, 6.07) is 16.5. The smallest absolute Gasteiger partial charge is 0.333 e. The molecular weight excluding hydrogens is 534 g/mol. The lowest BCUT2D eigenvalue weighted by Crippen LogP contribution is -2.23. The second-order valence-corrected chi connectivity index (χ2v) is 10.5. The van der Waals surface area contributed by atoms with E-state index in [9.17, 15) is 4.55 Å². The van der Waals surface area contributed by atoms with Crippen LogP contribution in [0, 0.1) is 6.92 Å². The molecule has 2 heterocycles.